The van der Waals surface area contributed by atoms with E-state index in [0.717, 1.165) is 0 Å². The van der Waals surface area contributed by atoms with Gasteiger partial charge in [0.15, 0.2) is 0 Å². The van der Waals surface area contributed by atoms with Crippen LogP contribution in [0.15, 0.2) is 0 Å². The Morgan fingerprint density at radius 1 is 0.950 bits per heavy atom. The van der Waals surface area contributed by atoms with Gasteiger partial charge in [0.05, 0.1) is 36.8 Å². The van der Waals surface area contributed by atoms with Crippen LogP contribution in [-0.2, 0) is 10.1 Å². The Kier molecular flexibility index (Phi) is 10.5. The Morgan fingerprint density at radius 2 is 1.35 bits per heavy atom. The van der Waals surface area contributed by atoms with E-state index < -0.39 is 10.1 Å². The smallest absolute Gasteiger partial charge is 0.0916 e. The molecule has 0 bridgehead atoms. The number of rotatable bonds is 8. The van der Waals surface area contributed by atoms with Crippen LogP contribution >= 0.6 is 0 Å². The molecule has 0 radical (unpaired) electrons. The fourth-order valence-corrected chi connectivity index (χ4v) is 2.77. The van der Waals surface area contributed by atoms with Crippen LogP contribution in [0.3, 0.4) is 0 Å². The maximum absolute atomic E-state index is 9.08. The molecule has 0 aromatic heterocycles. The van der Waals surface area contributed by atoms with Gasteiger partial charge in [0.25, 0.3) is 0 Å². The Hall–Kier alpha value is -0.130. The molecule has 0 N–H and O–H groups in total. The lowest BCUT2D eigenvalue weighted by molar-refractivity contribution is -0.897. The van der Waals surface area contributed by atoms with Crippen molar-refractivity contribution in [1.29, 1.82) is 0 Å². The molecule has 122 valence electrons. The lowest BCUT2D eigenvalue weighted by Crippen LogP contribution is -2.41. The quantitative estimate of drug-likeness (QED) is 0.393. The lowest BCUT2D eigenvalue weighted by atomic mass is 10.1. The van der Waals surface area contributed by atoms with E-state index in [0.29, 0.717) is 6.26 Å². The minimum absolute atomic E-state index is 0.604. The van der Waals surface area contributed by atoms with Crippen molar-refractivity contribution in [3.8, 4) is 0 Å². The first-order valence-corrected chi connectivity index (χ1v) is 9.83. The van der Waals surface area contributed by atoms with E-state index in [1.54, 1.807) is 0 Å². The van der Waals surface area contributed by atoms with Crippen LogP contribution in [0.5, 0.6) is 0 Å². The van der Waals surface area contributed by atoms with Crippen molar-refractivity contribution in [3.63, 3.8) is 0 Å². The van der Waals surface area contributed by atoms with Crippen molar-refractivity contribution in [3.05, 3.63) is 0 Å². The number of likely N-dealkylation sites (tertiary alicyclic amines) is 1. The Bertz CT molecular complexity index is 314. The average molecular weight is 308 g/mol. The second kappa shape index (κ2) is 10.6. The van der Waals surface area contributed by atoms with E-state index >= 15 is 0 Å². The molecule has 0 aromatic carbocycles. The van der Waals surface area contributed by atoms with E-state index in [1.165, 1.54) is 81.9 Å². The van der Waals surface area contributed by atoms with Crippen molar-refractivity contribution in [1.82, 2.24) is 0 Å². The van der Waals surface area contributed by atoms with E-state index in [4.69, 9.17) is 13.0 Å². The molecule has 1 aliphatic rings. The first kappa shape index (κ1) is 19.9. The highest BCUT2D eigenvalue weighted by molar-refractivity contribution is 7.84. The van der Waals surface area contributed by atoms with E-state index in [2.05, 4.69) is 14.0 Å². The largest absolute Gasteiger partial charge is 0.748 e. The summed E-state index contributed by atoms with van der Waals surface area (Å²) in [6.07, 6.45) is 13.7. The molecule has 0 atom stereocenters. The number of nitrogens with zero attached hydrogens (tertiary/aromatic N) is 1. The minimum atomic E-state index is -3.92. The molecule has 20 heavy (non-hydrogen) atoms. The molecule has 1 fully saturated rings. The summed E-state index contributed by atoms with van der Waals surface area (Å²) in [6, 6.07) is 0. The van der Waals surface area contributed by atoms with E-state index in [1.807, 2.05) is 0 Å². The van der Waals surface area contributed by atoms with Crippen LogP contribution in [0, 0.1) is 0 Å². The van der Waals surface area contributed by atoms with Crippen LogP contribution in [0.2, 0.25) is 0 Å². The zero-order valence-corrected chi connectivity index (χ0v) is 14.4. The van der Waals surface area contributed by atoms with Crippen LogP contribution < -0.4 is 0 Å². The van der Waals surface area contributed by atoms with E-state index in [-0.39, 0.29) is 0 Å². The molecule has 0 aliphatic carbocycles. The van der Waals surface area contributed by atoms with Crippen LogP contribution in [0.25, 0.3) is 0 Å². The summed E-state index contributed by atoms with van der Waals surface area (Å²) >= 11 is 0. The lowest BCUT2D eigenvalue weighted by Gasteiger charge is -2.29. The molecule has 0 aromatic rings. The summed E-state index contributed by atoms with van der Waals surface area (Å²) in [5.41, 5.74) is 0. The van der Waals surface area contributed by atoms with Gasteiger partial charge in [-0.1, -0.05) is 39.0 Å². The highest BCUT2D eigenvalue weighted by Crippen LogP contribution is 2.18. The van der Waals surface area contributed by atoms with Crippen molar-refractivity contribution >= 4 is 10.1 Å². The molecular formula is C15H33NO3S. The first-order chi connectivity index (χ1) is 9.27. The van der Waals surface area contributed by atoms with Crippen LogP contribution in [0.4, 0.5) is 0 Å². The Morgan fingerprint density at radius 3 is 1.80 bits per heavy atom. The molecule has 1 rings (SSSR count). The average Bonchev–Trinajstić information content (AvgIpc) is 2.73. The van der Waals surface area contributed by atoms with Gasteiger partial charge < -0.3 is 9.04 Å². The molecule has 1 saturated heterocycles. The summed E-state index contributed by atoms with van der Waals surface area (Å²) in [7, 11) is -1.47. The summed E-state index contributed by atoms with van der Waals surface area (Å²) in [6.45, 7) is 6.61. The van der Waals surface area contributed by atoms with Crippen molar-refractivity contribution < 1.29 is 17.5 Å². The van der Waals surface area contributed by atoms with Crippen LogP contribution in [-0.4, -0.2) is 50.4 Å². The summed E-state index contributed by atoms with van der Waals surface area (Å²) in [5, 5.41) is 0. The maximum Gasteiger partial charge on any atom is 0.0916 e. The minimum Gasteiger partial charge on any atom is -0.748 e. The van der Waals surface area contributed by atoms with Gasteiger partial charge in [-0.05, 0) is 12.8 Å². The van der Waals surface area contributed by atoms with Crippen molar-refractivity contribution in [2.45, 2.75) is 64.7 Å². The standard InChI is InChI=1S/C14H30N.CH4O3S/c1-3-4-5-6-7-8-9-12-15(2)13-10-11-14-15;1-5(2,3)4/h3-14H2,1-2H3;1H3,(H,2,3,4)/q+1;/p-1. The molecule has 1 aliphatic heterocycles. The number of unbranched alkanes of at least 4 members (excludes halogenated alkanes) is 6. The molecule has 0 spiro atoms. The topological polar surface area (TPSA) is 57.2 Å². The normalized spacial score (nSPS) is 17.6. The molecule has 1 heterocycles. The highest BCUT2D eigenvalue weighted by atomic mass is 32.2. The molecular weight excluding hydrogens is 274 g/mol. The van der Waals surface area contributed by atoms with Crippen LogP contribution in [0.1, 0.15) is 64.7 Å². The fraction of sp³-hybridized carbons (Fsp3) is 1.00. The van der Waals surface area contributed by atoms with Gasteiger partial charge in [-0.25, -0.2) is 8.42 Å². The summed E-state index contributed by atoms with van der Waals surface area (Å²) in [4.78, 5) is 0. The van der Waals surface area contributed by atoms with Crippen molar-refractivity contribution in [2.24, 2.45) is 0 Å². The third-order valence-electron chi connectivity index (χ3n) is 3.95. The predicted molar refractivity (Wildman–Crippen MR) is 83.6 cm³/mol. The van der Waals surface area contributed by atoms with Gasteiger partial charge in [0.2, 0.25) is 0 Å². The summed E-state index contributed by atoms with van der Waals surface area (Å²) in [5.74, 6) is 0. The second-order valence-corrected chi connectivity index (χ2v) is 7.73. The molecule has 5 heteroatoms. The Balaban J connectivity index is 0.000000621. The number of quaternary nitrogens is 1. The zero-order valence-electron chi connectivity index (χ0n) is 13.6. The van der Waals surface area contributed by atoms with Gasteiger partial charge in [-0.2, -0.15) is 0 Å². The zero-order chi connectivity index (χ0) is 15.5. The summed E-state index contributed by atoms with van der Waals surface area (Å²) < 4.78 is 28.6. The molecule has 0 amide bonds. The fourth-order valence-electron chi connectivity index (χ4n) is 2.77. The molecule has 4 nitrogen and oxygen atoms in total. The van der Waals surface area contributed by atoms with Gasteiger partial charge >= 0.3 is 0 Å². The monoisotopic (exact) mass is 307 g/mol. The predicted octanol–water partition coefficient (Wildman–Crippen LogP) is 3.14. The Labute approximate surface area is 125 Å². The van der Waals surface area contributed by atoms with Gasteiger partial charge in [-0.3, -0.25) is 0 Å². The van der Waals surface area contributed by atoms with E-state index in [9.17, 15) is 0 Å². The maximum atomic E-state index is 9.08. The second-order valence-electron chi connectivity index (χ2n) is 6.32. The van der Waals surface area contributed by atoms with Gasteiger partial charge in [0, 0.05) is 19.1 Å². The molecule has 0 saturated carbocycles. The third kappa shape index (κ3) is 14.3. The number of hydrogen-bond acceptors (Lipinski definition) is 3. The number of hydrogen-bond donors (Lipinski definition) is 0. The highest BCUT2D eigenvalue weighted by Gasteiger charge is 2.25. The first-order valence-electron chi connectivity index (χ1n) is 8.01. The van der Waals surface area contributed by atoms with Gasteiger partial charge in [-0.15, -0.1) is 0 Å². The molecule has 0 unspecified atom stereocenters. The van der Waals surface area contributed by atoms with Gasteiger partial charge in [0.1, 0.15) is 0 Å². The SMILES string of the molecule is CCCCCCCCC[N+]1(C)CCCC1.CS(=O)(=O)[O-]. The van der Waals surface area contributed by atoms with Crippen molar-refractivity contribution in [2.75, 3.05) is 32.9 Å². The third-order valence-corrected chi connectivity index (χ3v) is 3.95.